The molecule has 0 bridgehead atoms. The Labute approximate surface area is 634 Å². The molecule has 0 unspecified atom stereocenters. The number of aryl methyl sites for hydroxylation is 7. The number of fused-ring (bicyclic) bond motifs is 3. The summed E-state index contributed by atoms with van der Waals surface area (Å²) in [5, 5.41) is 21.8. The molecule has 6 N–H and O–H groups in total. The highest BCUT2D eigenvalue weighted by Crippen LogP contribution is 2.41. The van der Waals surface area contributed by atoms with Crippen LogP contribution in [0.1, 0.15) is 59.7 Å². The number of hydrogen-bond acceptors (Lipinski definition) is 32. The third-order valence-corrected chi connectivity index (χ3v) is 19.0. The number of nitrogens with one attached hydrogen (secondary N) is 6. The Morgan fingerprint density at radius 1 is 0.252 bits per heavy atom. The molecule has 5 heterocycles. The van der Waals surface area contributed by atoms with Gasteiger partial charge in [-0.05, 0) is 145 Å². The molecule has 0 aliphatic heterocycles. The maximum Gasteiger partial charge on any atom is 0.235 e. The van der Waals surface area contributed by atoms with Gasteiger partial charge in [0.25, 0.3) is 0 Å². The van der Waals surface area contributed by atoms with Gasteiger partial charge in [-0.2, -0.15) is 29.9 Å². The number of rotatable bonds is 41. The van der Waals surface area contributed by atoms with Crippen LogP contribution in [0.2, 0.25) is 0 Å². The third kappa shape index (κ3) is 22.3. The van der Waals surface area contributed by atoms with Crippen LogP contribution < -0.4 is 69.8 Å². The number of thiazole rings is 3. The quantitative estimate of drug-likeness (QED) is 0.0194. The van der Waals surface area contributed by atoms with E-state index in [1.165, 1.54) is 45.1 Å². The molecule has 32 heteroatoms. The highest BCUT2D eigenvalue weighted by atomic mass is 32.1. The lowest BCUT2D eigenvalue weighted by Crippen LogP contribution is -2.12. The Kier molecular flexibility index (Phi) is 29.4. The van der Waals surface area contributed by atoms with Gasteiger partial charge in [0, 0.05) is 67.2 Å². The van der Waals surface area contributed by atoms with Gasteiger partial charge in [0.1, 0.15) is 31.3 Å². The van der Waals surface area contributed by atoms with Crippen LogP contribution in [-0.2, 0) is 28.4 Å². The van der Waals surface area contributed by atoms with E-state index < -0.39 is 0 Å². The molecule has 11 rings (SSSR count). The van der Waals surface area contributed by atoms with E-state index in [0.29, 0.717) is 184 Å². The molecule has 0 amide bonds. The van der Waals surface area contributed by atoms with E-state index in [0.717, 1.165) is 69.9 Å². The summed E-state index contributed by atoms with van der Waals surface area (Å²) >= 11 is 4.45. The van der Waals surface area contributed by atoms with E-state index in [1.54, 1.807) is 35.5 Å². The molecule has 0 saturated heterocycles. The fraction of sp³-hybridized carbons (Fsp3) is 0.400. The normalized spacial score (nSPS) is 11.2. The van der Waals surface area contributed by atoms with Gasteiger partial charge in [-0.25, -0.2) is 15.0 Å². The fourth-order valence-electron chi connectivity index (χ4n) is 10.6. The van der Waals surface area contributed by atoms with Gasteiger partial charge >= 0.3 is 0 Å². The minimum Gasteiger partial charge on any atom is -0.496 e. The van der Waals surface area contributed by atoms with Crippen molar-refractivity contribution in [3.63, 3.8) is 0 Å². The first-order valence-corrected chi connectivity index (χ1v) is 37.3. The Morgan fingerprint density at radius 2 is 0.542 bits per heavy atom. The SMILES string of the molecule is CCOCCOCCOc1cc(Nc2nc(Nc3cc(OCCOCCOCC)c(OC)cc3C)nc(Nc3cc(OCCOCCOCC)c(OC)cc3C)n2)c(C)cc1C.COc1cc2sc(Nc3nc(Nc4nc5cc(C)c(C)cc5s4)nc(Nc4nc5cc(OC)c(OC)cc5s4)n3)nc2cc1C. The van der Waals surface area contributed by atoms with Crippen LogP contribution in [0.15, 0.2) is 72.8 Å². The second-order valence-electron chi connectivity index (χ2n) is 23.8. The molecule has 6 aromatic carbocycles. The molecule has 570 valence electrons. The molecule has 11 aromatic rings. The van der Waals surface area contributed by atoms with E-state index in [-0.39, 0.29) is 17.8 Å². The van der Waals surface area contributed by atoms with Gasteiger partial charge in [-0.3, -0.25) is 16.0 Å². The largest absolute Gasteiger partial charge is 0.496 e. The third-order valence-electron chi connectivity index (χ3n) is 16.2. The summed E-state index contributed by atoms with van der Waals surface area (Å²) < 4.78 is 82.0. The first-order valence-electron chi connectivity index (χ1n) is 34.8. The first kappa shape index (κ1) is 79.5. The summed E-state index contributed by atoms with van der Waals surface area (Å²) in [6.45, 7) is 27.2. The summed E-state index contributed by atoms with van der Waals surface area (Å²) in [4.78, 5) is 42.6. The number of benzene rings is 6. The molecular weight excluding hydrogens is 1430 g/mol. The lowest BCUT2D eigenvalue weighted by atomic mass is 10.1. The number of aromatic nitrogens is 9. The molecule has 0 aliphatic rings. The van der Waals surface area contributed by atoms with E-state index in [2.05, 4.69) is 72.8 Å². The van der Waals surface area contributed by atoms with Crippen molar-refractivity contribution in [3.8, 4) is 46.0 Å². The number of anilines is 12. The van der Waals surface area contributed by atoms with Gasteiger partial charge in [0.05, 0.1) is 126 Å². The molecule has 0 aliphatic carbocycles. The molecule has 0 saturated carbocycles. The van der Waals surface area contributed by atoms with E-state index >= 15 is 0 Å². The zero-order chi connectivity index (χ0) is 75.8. The van der Waals surface area contributed by atoms with E-state index in [1.807, 2.05) is 116 Å². The zero-order valence-electron chi connectivity index (χ0n) is 63.0. The predicted octanol–water partition coefficient (Wildman–Crippen LogP) is 15.5. The van der Waals surface area contributed by atoms with Crippen LogP contribution in [0, 0.1) is 48.5 Å². The number of nitrogens with zero attached hydrogens (tertiary/aromatic N) is 9. The zero-order valence-corrected chi connectivity index (χ0v) is 65.4. The summed E-state index contributed by atoms with van der Waals surface area (Å²) in [5.41, 5.74) is 11.8. The molecule has 5 aromatic heterocycles. The molecule has 0 fully saturated rings. The lowest BCUT2D eigenvalue weighted by molar-refractivity contribution is 0.0401. The van der Waals surface area contributed by atoms with Gasteiger partial charge in [0.2, 0.25) is 35.7 Å². The first-order chi connectivity index (χ1) is 52.0. The number of ether oxygens (including phenoxy) is 14. The van der Waals surface area contributed by atoms with E-state index in [9.17, 15) is 0 Å². The summed E-state index contributed by atoms with van der Waals surface area (Å²) in [6, 6.07) is 23.4. The fourth-order valence-corrected chi connectivity index (χ4v) is 13.3. The number of methoxy groups -OCH3 is 5. The van der Waals surface area contributed by atoms with Crippen molar-refractivity contribution in [2.45, 2.75) is 69.2 Å². The second-order valence-corrected chi connectivity index (χ2v) is 26.9. The number of hydrogen-bond donors (Lipinski definition) is 6. The smallest absolute Gasteiger partial charge is 0.235 e. The summed E-state index contributed by atoms with van der Waals surface area (Å²) in [5.74, 6) is 6.68. The maximum atomic E-state index is 6.13. The molecule has 0 spiro atoms. The molecule has 0 atom stereocenters. The molecule has 0 radical (unpaired) electrons. The molecule has 29 nitrogen and oxygen atoms in total. The highest BCUT2D eigenvalue weighted by molar-refractivity contribution is 7.23. The molecular formula is C75H93N15O14S3. The van der Waals surface area contributed by atoms with Crippen molar-refractivity contribution in [2.75, 3.05) is 167 Å². The predicted molar refractivity (Wildman–Crippen MR) is 422 cm³/mol. The van der Waals surface area contributed by atoms with Crippen LogP contribution in [-0.4, -0.2) is 180 Å². The minimum absolute atomic E-state index is 0.265. The maximum absolute atomic E-state index is 6.13. The average Bonchev–Trinajstić information content (AvgIpc) is 1.45. The van der Waals surface area contributed by atoms with Crippen LogP contribution in [0.4, 0.5) is 68.1 Å². The van der Waals surface area contributed by atoms with Crippen molar-refractivity contribution in [3.05, 3.63) is 112 Å². The standard InChI is InChI=1S/C45H66N6O11.C30H27N9O3S3/c1-10-54-13-16-57-19-22-60-38-28-35(31(4)25-34(38)7)46-43-49-44(47-36-29-41(39(52-8)26-32(36)5)61-23-20-58-17-14-55-11-2)51-45(50-43)48-37-30-42(40(53-9)27-33(37)6)62-24-21-59-18-15-56-12-3;1-13-7-16-22(9-14(13)2)43-28(31-16)37-25-34-26(38-29-32-17-8-15(3)19(40-4)11-23(17)44-29)36-27(35-25)39-30-33-18-10-20(41-5)21(42-6)12-24(18)45-30/h25-30H,10-24H2,1-9H3,(H3,46,47,48,49,50,51);7-12H,1-6H3,(H3,31,32,33,34,35,36,37,38,39). The van der Waals surface area contributed by atoms with Gasteiger partial charge < -0.3 is 82.3 Å². The van der Waals surface area contributed by atoms with Crippen molar-refractivity contribution < 1.29 is 66.3 Å². The van der Waals surface area contributed by atoms with Crippen LogP contribution in [0.3, 0.4) is 0 Å². The topological polar surface area (TPSA) is 317 Å². The Balaban J connectivity index is 0.000000239. The summed E-state index contributed by atoms with van der Waals surface area (Å²) in [6.07, 6.45) is 0. The minimum atomic E-state index is 0.265. The van der Waals surface area contributed by atoms with Crippen molar-refractivity contribution in [2.24, 2.45) is 0 Å². The monoisotopic (exact) mass is 1520 g/mol. The van der Waals surface area contributed by atoms with Crippen molar-refractivity contribution in [1.29, 1.82) is 0 Å². The van der Waals surface area contributed by atoms with Crippen molar-refractivity contribution >= 4 is 133 Å². The van der Waals surface area contributed by atoms with Crippen molar-refractivity contribution in [1.82, 2.24) is 44.9 Å². The van der Waals surface area contributed by atoms with E-state index in [4.69, 9.17) is 96.2 Å². The van der Waals surface area contributed by atoms with Gasteiger partial charge in [-0.1, -0.05) is 40.1 Å². The average molecular weight is 1520 g/mol. The Morgan fingerprint density at radius 3 is 0.944 bits per heavy atom. The lowest BCUT2D eigenvalue weighted by Gasteiger charge is -2.18. The Bertz CT molecular complexity index is 4580. The Hall–Kier alpha value is -10.0. The van der Waals surface area contributed by atoms with Crippen LogP contribution >= 0.6 is 34.0 Å². The summed E-state index contributed by atoms with van der Waals surface area (Å²) in [7, 11) is 8.07. The molecule has 107 heavy (non-hydrogen) atoms. The van der Waals surface area contributed by atoms with Crippen LogP contribution in [0.25, 0.3) is 30.6 Å². The highest BCUT2D eigenvalue weighted by Gasteiger charge is 2.21. The van der Waals surface area contributed by atoms with Crippen LogP contribution in [0.5, 0.6) is 46.0 Å². The second kappa shape index (κ2) is 39.5. The van der Waals surface area contributed by atoms with Gasteiger partial charge in [0.15, 0.2) is 49.9 Å². The van der Waals surface area contributed by atoms with Gasteiger partial charge in [-0.15, -0.1) is 0 Å².